The lowest BCUT2D eigenvalue weighted by Gasteiger charge is -2.28. The topological polar surface area (TPSA) is 61.4 Å². The molecule has 1 aromatic rings. The number of rotatable bonds is 4. The van der Waals surface area contributed by atoms with Crippen molar-refractivity contribution in [1.29, 1.82) is 0 Å². The van der Waals surface area contributed by atoms with Gasteiger partial charge >= 0.3 is 6.03 Å². The number of aliphatic hydroxyl groups is 1. The zero-order chi connectivity index (χ0) is 14.0. The number of amides is 2. The van der Waals surface area contributed by atoms with Gasteiger partial charge in [0.2, 0.25) is 0 Å². The number of aliphatic hydroxyl groups excluding tert-OH is 1. The molecule has 0 aliphatic heterocycles. The van der Waals surface area contributed by atoms with Crippen LogP contribution in [-0.2, 0) is 0 Å². The Morgan fingerprint density at radius 3 is 2.79 bits per heavy atom. The van der Waals surface area contributed by atoms with Gasteiger partial charge in [-0.15, -0.1) is 0 Å². The molecule has 0 spiro atoms. The molecule has 0 heterocycles. The molecule has 0 aromatic heterocycles. The molecule has 1 aliphatic carbocycles. The van der Waals surface area contributed by atoms with Gasteiger partial charge in [-0.3, -0.25) is 0 Å². The van der Waals surface area contributed by atoms with Gasteiger partial charge < -0.3 is 15.7 Å². The minimum atomic E-state index is -0.601. The number of carbonyl (C=O) groups excluding carboxylic acids is 1. The van der Waals surface area contributed by atoms with E-state index in [1.54, 1.807) is 0 Å². The van der Waals surface area contributed by atoms with Gasteiger partial charge in [0.05, 0.1) is 17.8 Å². The van der Waals surface area contributed by atoms with E-state index in [1.165, 1.54) is 18.2 Å². The number of halogens is 2. The predicted octanol–water partition coefficient (Wildman–Crippen LogP) is 2.87. The first-order valence-corrected chi connectivity index (χ1v) is 6.89. The first-order chi connectivity index (χ1) is 8.94. The molecular formula is C13H16BrFN2O2. The third-order valence-corrected chi connectivity index (χ3v) is 4.04. The van der Waals surface area contributed by atoms with Crippen molar-refractivity contribution >= 4 is 27.6 Å². The van der Waals surface area contributed by atoms with Crippen molar-refractivity contribution in [3.05, 3.63) is 28.5 Å². The predicted molar refractivity (Wildman–Crippen MR) is 74.5 cm³/mol. The van der Waals surface area contributed by atoms with Crippen LogP contribution in [0.3, 0.4) is 0 Å². The SMILES string of the molecule is CC(CO)(NC(=O)Nc1ccc(F)cc1Br)C1CC1. The van der Waals surface area contributed by atoms with E-state index in [0.717, 1.165) is 12.8 Å². The summed E-state index contributed by atoms with van der Waals surface area (Å²) < 4.78 is 13.4. The molecule has 0 saturated heterocycles. The summed E-state index contributed by atoms with van der Waals surface area (Å²) in [4.78, 5) is 11.9. The molecule has 3 N–H and O–H groups in total. The molecule has 1 unspecified atom stereocenters. The third-order valence-electron chi connectivity index (χ3n) is 3.39. The Balaban J connectivity index is 2.00. The van der Waals surface area contributed by atoms with E-state index in [9.17, 15) is 14.3 Å². The fraction of sp³-hybridized carbons (Fsp3) is 0.462. The zero-order valence-electron chi connectivity index (χ0n) is 10.5. The molecule has 1 aliphatic rings. The van der Waals surface area contributed by atoms with Gasteiger partial charge in [-0.1, -0.05) is 0 Å². The molecule has 0 bridgehead atoms. The highest BCUT2D eigenvalue weighted by molar-refractivity contribution is 9.10. The van der Waals surface area contributed by atoms with E-state index in [-0.39, 0.29) is 12.4 Å². The molecule has 1 atom stereocenters. The van der Waals surface area contributed by atoms with E-state index in [2.05, 4.69) is 26.6 Å². The molecule has 6 heteroatoms. The zero-order valence-corrected chi connectivity index (χ0v) is 12.1. The van der Waals surface area contributed by atoms with Crippen LogP contribution in [0.4, 0.5) is 14.9 Å². The lowest BCUT2D eigenvalue weighted by Crippen LogP contribution is -2.52. The monoisotopic (exact) mass is 330 g/mol. The van der Waals surface area contributed by atoms with E-state index in [1.807, 2.05) is 6.92 Å². The molecule has 1 fully saturated rings. The summed E-state index contributed by atoms with van der Waals surface area (Å²) in [7, 11) is 0. The van der Waals surface area contributed by atoms with Gasteiger partial charge in [0.1, 0.15) is 5.82 Å². The smallest absolute Gasteiger partial charge is 0.319 e. The first-order valence-electron chi connectivity index (χ1n) is 6.10. The van der Waals surface area contributed by atoms with Crippen LogP contribution in [0.1, 0.15) is 19.8 Å². The van der Waals surface area contributed by atoms with Crippen LogP contribution >= 0.6 is 15.9 Å². The van der Waals surface area contributed by atoms with Gasteiger partial charge in [0.25, 0.3) is 0 Å². The van der Waals surface area contributed by atoms with Crippen molar-refractivity contribution in [3.63, 3.8) is 0 Å². The maximum atomic E-state index is 12.9. The second-order valence-electron chi connectivity index (χ2n) is 5.05. The van der Waals surface area contributed by atoms with Crippen LogP contribution in [0, 0.1) is 11.7 Å². The summed E-state index contributed by atoms with van der Waals surface area (Å²) in [6.07, 6.45) is 2.02. The van der Waals surface area contributed by atoms with E-state index in [4.69, 9.17) is 0 Å². The Morgan fingerprint density at radius 1 is 1.58 bits per heavy atom. The normalized spacial score (nSPS) is 17.7. The molecule has 104 valence electrons. The number of carbonyl (C=O) groups is 1. The van der Waals surface area contributed by atoms with Crippen LogP contribution in [0.5, 0.6) is 0 Å². The Hall–Kier alpha value is -1.14. The Labute approximate surface area is 119 Å². The molecular weight excluding hydrogens is 315 g/mol. The van der Waals surface area contributed by atoms with Crippen LogP contribution in [0.15, 0.2) is 22.7 Å². The summed E-state index contributed by atoms with van der Waals surface area (Å²) in [5.74, 6) is -0.0593. The largest absolute Gasteiger partial charge is 0.394 e. The summed E-state index contributed by atoms with van der Waals surface area (Å²) in [5.41, 5.74) is -0.119. The quantitative estimate of drug-likeness (QED) is 0.794. The van der Waals surface area contributed by atoms with Gasteiger partial charge in [0.15, 0.2) is 0 Å². The number of urea groups is 1. The number of benzene rings is 1. The van der Waals surface area contributed by atoms with Crippen molar-refractivity contribution in [2.75, 3.05) is 11.9 Å². The Morgan fingerprint density at radius 2 is 2.26 bits per heavy atom. The third kappa shape index (κ3) is 3.45. The van der Waals surface area contributed by atoms with Crippen molar-refractivity contribution in [1.82, 2.24) is 5.32 Å². The average Bonchev–Trinajstić information content (AvgIpc) is 3.17. The molecule has 19 heavy (non-hydrogen) atoms. The molecule has 2 rings (SSSR count). The summed E-state index contributed by atoms with van der Waals surface area (Å²) in [5, 5.41) is 14.8. The van der Waals surface area contributed by atoms with Crippen molar-refractivity contribution < 1.29 is 14.3 Å². The number of hydrogen-bond donors (Lipinski definition) is 3. The minimum absolute atomic E-state index is 0.102. The van der Waals surface area contributed by atoms with Gasteiger partial charge in [-0.2, -0.15) is 0 Å². The molecule has 4 nitrogen and oxygen atoms in total. The van der Waals surface area contributed by atoms with Crippen LogP contribution in [-0.4, -0.2) is 23.3 Å². The van der Waals surface area contributed by atoms with Crippen molar-refractivity contribution in [3.8, 4) is 0 Å². The standard InChI is InChI=1S/C13H16BrFN2O2/c1-13(7-18,8-2-3-8)17-12(19)16-11-5-4-9(15)6-10(11)14/h4-6,8,18H,2-3,7H2,1H3,(H2,16,17,19). The molecule has 2 amide bonds. The fourth-order valence-electron chi connectivity index (χ4n) is 1.99. The fourth-order valence-corrected chi connectivity index (χ4v) is 2.44. The van der Waals surface area contributed by atoms with Crippen LogP contribution in [0.2, 0.25) is 0 Å². The van der Waals surface area contributed by atoms with Crippen molar-refractivity contribution in [2.24, 2.45) is 5.92 Å². The molecule has 1 aromatic carbocycles. The minimum Gasteiger partial charge on any atom is -0.394 e. The summed E-state index contributed by atoms with van der Waals surface area (Å²) in [6, 6.07) is 3.62. The maximum absolute atomic E-state index is 12.9. The Kier molecular flexibility index (Phi) is 4.10. The first kappa shape index (κ1) is 14.3. The maximum Gasteiger partial charge on any atom is 0.319 e. The van der Waals surface area contributed by atoms with Crippen LogP contribution in [0.25, 0.3) is 0 Å². The summed E-state index contributed by atoms with van der Waals surface area (Å²) >= 11 is 3.18. The summed E-state index contributed by atoms with van der Waals surface area (Å²) in [6.45, 7) is 1.72. The average molecular weight is 331 g/mol. The lowest BCUT2D eigenvalue weighted by atomic mass is 9.97. The van der Waals surface area contributed by atoms with Gasteiger partial charge in [-0.05, 0) is 59.8 Å². The highest BCUT2D eigenvalue weighted by Crippen LogP contribution is 2.39. The van der Waals surface area contributed by atoms with Gasteiger partial charge in [-0.25, -0.2) is 9.18 Å². The Bertz CT molecular complexity index is 494. The number of nitrogens with one attached hydrogen (secondary N) is 2. The second-order valence-corrected chi connectivity index (χ2v) is 5.91. The van der Waals surface area contributed by atoms with E-state index in [0.29, 0.717) is 16.1 Å². The molecule has 0 radical (unpaired) electrons. The highest BCUT2D eigenvalue weighted by Gasteiger charge is 2.42. The van der Waals surface area contributed by atoms with Crippen molar-refractivity contribution in [2.45, 2.75) is 25.3 Å². The number of anilines is 1. The van der Waals surface area contributed by atoms with E-state index >= 15 is 0 Å². The molecule has 1 saturated carbocycles. The number of hydrogen-bond acceptors (Lipinski definition) is 2. The van der Waals surface area contributed by atoms with Gasteiger partial charge in [0, 0.05) is 4.47 Å². The van der Waals surface area contributed by atoms with E-state index < -0.39 is 11.6 Å². The highest BCUT2D eigenvalue weighted by atomic mass is 79.9. The van der Waals surface area contributed by atoms with Crippen LogP contribution < -0.4 is 10.6 Å². The second kappa shape index (κ2) is 5.46. The lowest BCUT2D eigenvalue weighted by molar-refractivity contribution is 0.159.